The summed E-state index contributed by atoms with van der Waals surface area (Å²) in [6.07, 6.45) is 4.91. The molecule has 118 valence electrons. The number of ether oxygens (including phenoxy) is 1. The molecule has 0 aliphatic heterocycles. The van der Waals surface area contributed by atoms with Crippen LogP contribution in [0.2, 0.25) is 0 Å². The third kappa shape index (κ3) is 2.18. The van der Waals surface area contributed by atoms with E-state index in [1.807, 2.05) is 28.8 Å². The second-order valence-corrected chi connectivity index (χ2v) is 6.17. The molecular weight excluding hydrogens is 370 g/mol. The van der Waals surface area contributed by atoms with Crippen molar-refractivity contribution in [2.75, 3.05) is 7.11 Å². The van der Waals surface area contributed by atoms with Gasteiger partial charge in [-0.3, -0.25) is 9.55 Å². The molecule has 5 nitrogen and oxygen atoms in total. The molecule has 6 heteroatoms. The van der Waals surface area contributed by atoms with Gasteiger partial charge < -0.3 is 4.74 Å². The Balaban J connectivity index is 2.16. The average Bonchev–Trinajstić information content (AvgIpc) is 2.94. The van der Waals surface area contributed by atoms with Crippen LogP contribution in [0.25, 0.3) is 27.6 Å². The first kappa shape index (κ1) is 14.8. The maximum absolute atomic E-state index is 12.2. The van der Waals surface area contributed by atoms with Crippen LogP contribution >= 0.6 is 15.9 Å². The van der Waals surface area contributed by atoms with Crippen molar-refractivity contribution in [3.63, 3.8) is 0 Å². The average molecular weight is 382 g/mol. The number of halogens is 1. The zero-order valence-electron chi connectivity index (χ0n) is 12.7. The Bertz CT molecular complexity index is 1090. The van der Waals surface area contributed by atoms with Gasteiger partial charge in [-0.05, 0) is 36.4 Å². The molecule has 0 fully saturated rings. The fourth-order valence-corrected chi connectivity index (χ4v) is 3.27. The van der Waals surface area contributed by atoms with E-state index in [0.717, 1.165) is 26.4 Å². The minimum atomic E-state index is -0.429. The van der Waals surface area contributed by atoms with Crippen LogP contribution in [-0.4, -0.2) is 27.6 Å². The zero-order valence-corrected chi connectivity index (χ0v) is 14.3. The maximum atomic E-state index is 12.2. The van der Waals surface area contributed by atoms with Gasteiger partial charge in [-0.2, -0.15) is 0 Å². The van der Waals surface area contributed by atoms with Crippen molar-refractivity contribution in [2.45, 2.75) is 0 Å². The monoisotopic (exact) mass is 381 g/mol. The first-order valence-electron chi connectivity index (χ1n) is 7.28. The number of carbonyl (C=O) groups is 1. The number of pyridine rings is 2. The Morgan fingerprint density at radius 3 is 2.88 bits per heavy atom. The summed E-state index contributed by atoms with van der Waals surface area (Å²) in [6, 6.07) is 11.7. The van der Waals surface area contributed by atoms with Crippen LogP contribution in [0.4, 0.5) is 0 Å². The lowest BCUT2D eigenvalue weighted by Gasteiger charge is -2.11. The smallest absolute Gasteiger partial charge is 0.341 e. The summed E-state index contributed by atoms with van der Waals surface area (Å²) in [5.41, 5.74) is 2.83. The second kappa shape index (κ2) is 5.72. The normalized spacial score (nSPS) is 11.1. The lowest BCUT2D eigenvalue weighted by atomic mass is 10.2. The third-order valence-corrected chi connectivity index (χ3v) is 4.43. The van der Waals surface area contributed by atoms with Gasteiger partial charge >= 0.3 is 5.97 Å². The van der Waals surface area contributed by atoms with Crippen LogP contribution in [0.5, 0.6) is 0 Å². The molecule has 0 unspecified atom stereocenters. The van der Waals surface area contributed by atoms with E-state index < -0.39 is 5.97 Å². The van der Waals surface area contributed by atoms with E-state index in [-0.39, 0.29) is 0 Å². The van der Waals surface area contributed by atoms with Gasteiger partial charge in [-0.25, -0.2) is 9.78 Å². The van der Waals surface area contributed by atoms with Gasteiger partial charge in [0.05, 0.1) is 18.3 Å². The summed E-state index contributed by atoms with van der Waals surface area (Å²) in [5, 5.41) is 2.07. The van der Waals surface area contributed by atoms with Gasteiger partial charge in [0.25, 0.3) is 0 Å². The quantitative estimate of drug-likeness (QED) is 0.490. The molecule has 3 aromatic heterocycles. The van der Waals surface area contributed by atoms with E-state index in [1.165, 1.54) is 13.3 Å². The second-order valence-electron chi connectivity index (χ2n) is 5.26. The van der Waals surface area contributed by atoms with E-state index >= 15 is 0 Å². The van der Waals surface area contributed by atoms with Gasteiger partial charge in [0.1, 0.15) is 11.2 Å². The predicted molar refractivity (Wildman–Crippen MR) is 95.4 cm³/mol. The maximum Gasteiger partial charge on any atom is 0.341 e. The number of rotatable bonds is 2. The Labute approximate surface area is 146 Å². The highest BCUT2D eigenvalue weighted by molar-refractivity contribution is 9.10. The largest absolute Gasteiger partial charge is 0.465 e. The van der Waals surface area contributed by atoms with Crippen LogP contribution in [0.15, 0.2) is 59.5 Å². The fourth-order valence-electron chi connectivity index (χ4n) is 2.91. The molecule has 0 spiro atoms. The lowest BCUT2D eigenvalue weighted by molar-refractivity contribution is 0.0600. The Kier molecular flexibility index (Phi) is 3.54. The molecule has 4 aromatic rings. The standard InChI is InChI=1S/C18H12BrN3O2/c1-24-18(23)14-10-20-8-6-16(14)22-15-5-4-11(19)9-13(15)12-3-2-7-21-17(12)22/h2-10H,1H3. The topological polar surface area (TPSA) is 57.0 Å². The highest BCUT2D eigenvalue weighted by Crippen LogP contribution is 2.33. The summed E-state index contributed by atoms with van der Waals surface area (Å²) in [5.74, 6) is -0.429. The molecule has 0 aliphatic rings. The van der Waals surface area contributed by atoms with E-state index in [9.17, 15) is 4.79 Å². The molecule has 24 heavy (non-hydrogen) atoms. The minimum absolute atomic E-state index is 0.396. The lowest BCUT2D eigenvalue weighted by Crippen LogP contribution is -2.08. The molecule has 0 saturated heterocycles. The summed E-state index contributed by atoms with van der Waals surface area (Å²) < 4.78 is 7.85. The number of fused-ring (bicyclic) bond motifs is 3. The molecule has 3 heterocycles. The summed E-state index contributed by atoms with van der Waals surface area (Å²) >= 11 is 3.52. The van der Waals surface area contributed by atoms with Crippen LogP contribution in [0.1, 0.15) is 10.4 Å². The minimum Gasteiger partial charge on any atom is -0.465 e. The fraction of sp³-hybridized carbons (Fsp3) is 0.0556. The Morgan fingerprint density at radius 2 is 2.04 bits per heavy atom. The van der Waals surface area contributed by atoms with Gasteiger partial charge in [0.2, 0.25) is 0 Å². The van der Waals surface area contributed by atoms with Crippen molar-refractivity contribution in [1.82, 2.24) is 14.5 Å². The van der Waals surface area contributed by atoms with Crippen LogP contribution in [-0.2, 0) is 4.74 Å². The predicted octanol–water partition coefficient (Wildman–Crippen LogP) is 4.12. The Morgan fingerprint density at radius 1 is 1.17 bits per heavy atom. The van der Waals surface area contributed by atoms with Crippen molar-refractivity contribution >= 4 is 43.8 Å². The van der Waals surface area contributed by atoms with Crippen LogP contribution < -0.4 is 0 Å². The van der Waals surface area contributed by atoms with Crippen LogP contribution in [0.3, 0.4) is 0 Å². The first-order valence-corrected chi connectivity index (χ1v) is 8.07. The number of benzene rings is 1. The third-order valence-electron chi connectivity index (χ3n) is 3.93. The highest BCUT2D eigenvalue weighted by Gasteiger charge is 2.19. The molecule has 0 atom stereocenters. The molecule has 1 aromatic carbocycles. The van der Waals surface area contributed by atoms with Gasteiger partial charge in [-0.15, -0.1) is 0 Å². The van der Waals surface area contributed by atoms with Crippen molar-refractivity contribution in [3.8, 4) is 5.69 Å². The first-order chi connectivity index (χ1) is 11.7. The molecule has 0 radical (unpaired) electrons. The zero-order chi connectivity index (χ0) is 16.7. The number of carbonyl (C=O) groups excluding carboxylic acids is 1. The SMILES string of the molecule is COC(=O)c1cnccc1-n1c2ccc(Br)cc2c2cccnc21. The molecule has 4 rings (SSSR count). The Hall–Kier alpha value is -2.73. The summed E-state index contributed by atoms with van der Waals surface area (Å²) in [4.78, 5) is 20.7. The van der Waals surface area contributed by atoms with Gasteiger partial charge in [0.15, 0.2) is 0 Å². The van der Waals surface area contributed by atoms with E-state index in [1.54, 1.807) is 18.5 Å². The molecule has 0 bridgehead atoms. The molecular formula is C18H12BrN3O2. The van der Waals surface area contributed by atoms with E-state index in [2.05, 4.69) is 32.0 Å². The number of hydrogen-bond donors (Lipinski definition) is 0. The molecule has 0 aliphatic carbocycles. The number of aromatic nitrogens is 3. The van der Waals surface area contributed by atoms with Crippen molar-refractivity contribution in [2.24, 2.45) is 0 Å². The molecule has 0 N–H and O–H groups in total. The van der Waals surface area contributed by atoms with E-state index in [4.69, 9.17) is 4.74 Å². The summed E-state index contributed by atoms with van der Waals surface area (Å²) in [6.45, 7) is 0. The van der Waals surface area contributed by atoms with Gasteiger partial charge in [0, 0.05) is 33.8 Å². The van der Waals surface area contributed by atoms with Crippen molar-refractivity contribution in [1.29, 1.82) is 0 Å². The van der Waals surface area contributed by atoms with Gasteiger partial charge in [-0.1, -0.05) is 15.9 Å². The van der Waals surface area contributed by atoms with Crippen molar-refractivity contribution < 1.29 is 9.53 Å². The number of methoxy groups -OCH3 is 1. The van der Waals surface area contributed by atoms with E-state index in [0.29, 0.717) is 11.3 Å². The van der Waals surface area contributed by atoms with Crippen LogP contribution in [0, 0.1) is 0 Å². The summed E-state index contributed by atoms with van der Waals surface area (Å²) in [7, 11) is 1.36. The molecule has 0 amide bonds. The number of esters is 1. The molecule has 0 saturated carbocycles. The number of hydrogen-bond acceptors (Lipinski definition) is 4. The highest BCUT2D eigenvalue weighted by atomic mass is 79.9. The number of nitrogens with zero attached hydrogens (tertiary/aromatic N) is 3. The van der Waals surface area contributed by atoms with Crippen molar-refractivity contribution in [3.05, 3.63) is 65.0 Å².